The first kappa shape index (κ1) is 12.6. The van der Waals surface area contributed by atoms with E-state index in [1.165, 1.54) is 4.90 Å². The Hall–Kier alpha value is -0.880. The molecule has 0 spiro atoms. The van der Waals surface area contributed by atoms with Crippen molar-refractivity contribution < 1.29 is 14.7 Å². The molecule has 2 rings (SSSR count). The van der Waals surface area contributed by atoms with E-state index >= 15 is 0 Å². The van der Waals surface area contributed by atoms with Crippen LogP contribution in [-0.4, -0.2) is 35.0 Å². The largest absolute Gasteiger partial charge is 0.481 e. The Balaban J connectivity index is 2.09. The Kier molecular flexibility index (Phi) is 3.53. The number of carbonyl (C=O) groups is 2. The highest BCUT2D eigenvalue weighted by Gasteiger charge is 2.35. The van der Waals surface area contributed by atoms with E-state index in [0.717, 1.165) is 8.95 Å². The van der Waals surface area contributed by atoms with Gasteiger partial charge in [-0.2, -0.15) is 0 Å². The predicted octanol–water partition coefficient (Wildman–Crippen LogP) is 2.37. The Morgan fingerprint density at radius 3 is 2.18 bits per heavy atom. The standard InChI is InChI=1S/C11H9Br2NO3/c12-8-1-6(2-9(13)3-8)10(15)14-4-7(5-14)11(16)17/h1-3,7H,4-5H2,(H,16,17). The van der Waals surface area contributed by atoms with E-state index in [9.17, 15) is 9.59 Å². The lowest BCUT2D eigenvalue weighted by molar-refractivity contribution is -0.146. The number of carbonyl (C=O) groups excluding carboxylic acids is 1. The molecular formula is C11H9Br2NO3. The highest BCUT2D eigenvalue weighted by atomic mass is 79.9. The summed E-state index contributed by atoms with van der Waals surface area (Å²) in [5.41, 5.74) is 0.551. The molecule has 1 aromatic carbocycles. The number of aliphatic carboxylic acids is 1. The van der Waals surface area contributed by atoms with Crippen LogP contribution in [-0.2, 0) is 4.79 Å². The van der Waals surface area contributed by atoms with Gasteiger partial charge in [0, 0.05) is 27.6 Å². The Labute approximate surface area is 115 Å². The minimum atomic E-state index is -0.843. The van der Waals surface area contributed by atoms with Gasteiger partial charge in [0.25, 0.3) is 5.91 Å². The second kappa shape index (κ2) is 4.78. The van der Waals surface area contributed by atoms with Crippen LogP contribution >= 0.6 is 31.9 Å². The molecule has 17 heavy (non-hydrogen) atoms. The zero-order chi connectivity index (χ0) is 12.6. The molecule has 0 unspecified atom stereocenters. The topological polar surface area (TPSA) is 57.6 Å². The van der Waals surface area contributed by atoms with Gasteiger partial charge in [0.05, 0.1) is 5.92 Å². The number of benzene rings is 1. The summed E-state index contributed by atoms with van der Waals surface area (Å²) in [6.45, 7) is 0.580. The van der Waals surface area contributed by atoms with Gasteiger partial charge >= 0.3 is 5.97 Å². The molecule has 1 saturated heterocycles. The molecule has 0 aromatic heterocycles. The van der Waals surface area contributed by atoms with Gasteiger partial charge < -0.3 is 10.0 Å². The first-order chi connectivity index (χ1) is 7.97. The van der Waals surface area contributed by atoms with E-state index in [1.807, 2.05) is 6.07 Å². The quantitative estimate of drug-likeness (QED) is 0.878. The normalized spacial score (nSPS) is 15.5. The van der Waals surface area contributed by atoms with Crippen LogP contribution in [0.5, 0.6) is 0 Å². The number of likely N-dealkylation sites (tertiary alicyclic amines) is 1. The maximum Gasteiger partial charge on any atom is 0.310 e. The molecule has 0 radical (unpaired) electrons. The van der Waals surface area contributed by atoms with E-state index in [1.54, 1.807) is 12.1 Å². The summed E-state index contributed by atoms with van der Waals surface area (Å²) in [6, 6.07) is 5.29. The van der Waals surface area contributed by atoms with Crippen LogP contribution in [0.3, 0.4) is 0 Å². The number of nitrogens with zero attached hydrogens (tertiary/aromatic N) is 1. The molecule has 1 aromatic rings. The highest BCUT2D eigenvalue weighted by molar-refractivity contribution is 9.11. The van der Waals surface area contributed by atoms with Crippen molar-refractivity contribution in [2.75, 3.05) is 13.1 Å². The Morgan fingerprint density at radius 1 is 1.18 bits per heavy atom. The molecule has 90 valence electrons. The van der Waals surface area contributed by atoms with Gasteiger partial charge in [-0.1, -0.05) is 31.9 Å². The number of carboxylic acid groups (broad SMARTS) is 1. The fourth-order valence-corrected chi connectivity index (χ4v) is 2.95. The van der Waals surface area contributed by atoms with Gasteiger partial charge in [0.1, 0.15) is 0 Å². The molecule has 6 heteroatoms. The molecule has 1 aliphatic heterocycles. The zero-order valence-corrected chi connectivity index (χ0v) is 11.9. The molecular weight excluding hydrogens is 354 g/mol. The second-order valence-electron chi connectivity index (χ2n) is 3.90. The lowest BCUT2D eigenvalue weighted by atomic mass is 9.99. The summed E-state index contributed by atoms with van der Waals surface area (Å²) in [7, 11) is 0. The molecule has 0 saturated carbocycles. The number of amides is 1. The summed E-state index contributed by atoms with van der Waals surface area (Å²) in [5, 5.41) is 8.74. The predicted molar refractivity (Wildman–Crippen MR) is 68.9 cm³/mol. The number of rotatable bonds is 2. The third-order valence-corrected chi connectivity index (χ3v) is 3.54. The monoisotopic (exact) mass is 361 g/mol. The molecule has 1 fully saturated rings. The number of carboxylic acids is 1. The molecule has 1 aliphatic rings. The van der Waals surface area contributed by atoms with Gasteiger partial charge in [-0.3, -0.25) is 9.59 Å². The van der Waals surface area contributed by atoms with Crippen LogP contribution in [0.15, 0.2) is 27.1 Å². The van der Waals surface area contributed by atoms with Crippen molar-refractivity contribution in [1.29, 1.82) is 0 Å². The van der Waals surface area contributed by atoms with Gasteiger partial charge in [-0.15, -0.1) is 0 Å². The second-order valence-corrected chi connectivity index (χ2v) is 5.73. The molecule has 1 N–H and O–H groups in total. The lowest BCUT2D eigenvalue weighted by Gasteiger charge is -2.36. The Bertz CT molecular complexity index is 463. The number of hydrogen-bond donors (Lipinski definition) is 1. The van der Waals surface area contributed by atoms with Crippen molar-refractivity contribution in [2.24, 2.45) is 5.92 Å². The van der Waals surface area contributed by atoms with Crippen LogP contribution in [0.25, 0.3) is 0 Å². The van der Waals surface area contributed by atoms with Crippen LogP contribution in [0, 0.1) is 5.92 Å². The molecule has 1 heterocycles. The fraction of sp³-hybridized carbons (Fsp3) is 0.273. The maximum atomic E-state index is 12.0. The zero-order valence-electron chi connectivity index (χ0n) is 8.69. The summed E-state index contributed by atoms with van der Waals surface area (Å²) < 4.78 is 1.62. The molecule has 0 bridgehead atoms. The summed E-state index contributed by atoms with van der Waals surface area (Å²) >= 11 is 6.62. The van der Waals surface area contributed by atoms with E-state index in [0.29, 0.717) is 5.56 Å². The van der Waals surface area contributed by atoms with E-state index in [2.05, 4.69) is 31.9 Å². The SMILES string of the molecule is O=C(O)C1CN(C(=O)c2cc(Br)cc(Br)c2)C1. The summed E-state index contributed by atoms with van der Waals surface area (Å²) in [4.78, 5) is 24.2. The van der Waals surface area contributed by atoms with Crippen molar-refractivity contribution in [3.8, 4) is 0 Å². The van der Waals surface area contributed by atoms with Gasteiger partial charge in [-0.05, 0) is 18.2 Å². The molecule has 4 nitrogen and oxygen atoms in total. The van der Waals surface area contributed by atoms with Gasteiger partial charge in [-0.25, -0.2) is 0 Å². The van der Waals surface area contributed by atoms with Crippen molar-refractivity contribution >= 4 is 43.7 Å². The third-order valence-electron chi connectivity index (χ3n) is 2.63. The van der Waals surface area contributed by atoms with Gasteiger partial charge in [0.2, 0.25) is 0 Å². The van der Waals surface area contributed by atoms with E-state index in [-0.39, 0.29) is 19.0 Å². The maximum absolute atomic E-state index is 12.0. The van der Waals surface area contributed by atoms with Crippen molar-refractivity contribution in [1.82, 2.24) is 4.90 Å². The minimum absolute atomic E-state index is 0.135. The summed E-state index contributed by atoms with van der Waals surface area (Å²) in [6.07, 6.45) is 0. The van der Waals surface area contributed by atoms with Crippen molar-refractivity contribution in [3.05, 3.63) is 32.7 Å². The van der Waals surface area contributed by atoms with Gasteiger partial charge in [0.15, 0.2) is 0 Å². The average Bonchev–Trinajstić information content (AvgIpc) is 2.12. The van der Waals surface area contributed by atoms with Crippen LogP contribution < -0.4 is 0 Å². The first-order valence-electron chi connectivity index (χ1n) is 4.95. The highest BCUT2D eigenvalue weighted by Crippen LogP contribution is 2.24. The minimum Gasteiger partial charge on any atom is -0.481 e. The van der Waals surface area contributed by atoms with Crippen LogP contribution in [0.4, 0.5) is 0 Å². The molecule has 0 aliphatic carbocycles. The van der Waals surface area contributed by atoms with Crippen molar-refractivity contribution in [3.63, 3.8) is 0 Å². The van der Waals surface area contributed by atoms with E-state index in [4.69, 9.17) is 5.11 Å². The van der Waals surface area contributed by atoms with Crippen LogP contribution in [0.1, 0.15) is 10.4 Å². The number of hydrogen-bond acceptors (Lipinski definition) is 2. The van der Waals surface area contributed by atoms with Crippen molar-refractivity contribution in [2.45, 2.75) is 0 Å². The first-order valence-corrected chi connectivity index (χ1v) is 6.54. The lowest BCUT2D eigenvalue weighted by Crippen LogP contribution is -2.53. The Morgan fingerprint density at radius 2 is 1.71 bits per heavy atom. The average molecular weight is 363 g/mol. The smallest absolute Gasteiger partial charge is 0.310 e. The fourth-order valence-electron chi connectivity index (χ4n) is 1.66. The van der Waals surface area contributed by atoms with Crippen LogP contribution in [0.2, 0.25) is 0 Å². The molecule has 0 atom stereocenters. The van der Waals surface area contributed by atoms with E-state index < -0.39 is 11.9 Å². The third kappa shape index (κ3) is 2.69. The molecule has 1 amide bonds. The summed E-state index contributed by atoms with van der Waals surface area (Å²) in [5.74, 6) is -1.40. The number of halogens is 2.